The van der Waals surface area contributed by atoms with Crippen LogP contribution in [0.4, 0.5) is 0 Å². The van der Waals surface area contributed by atoms with Gasteiger partial charge in [-0.25, -0.2) is 0 Å². The summed E-state index contributed by atoms with van der Waals surface area (Å²) >= 11 is 0. The Morgan fingerprint density at radius 1 is 0.955 bits per heavy atom. The van der Waals surface area contributed by atoms with Gasteiger partial charge in [0, 0.05) is 31.7 Å². The molecule has 0 aromatic rings. The minimum atomic E-state index is -0.984. The zero-order chi connectivity index (χ0) is 16.9. The van der Waals surface area contributed by atoms with E-state index in [9.17, 15) is 14.4 Å². The lowest BCUT2D eigenvalue weighted by Crippen LogP contribution is -2.57. The molecule has 0 saturated carbocycles. The van der Waals surface area contributed by atoms with Gasteiger partial charge < -0.3 is 15.3 Å². The normalized spacial score (nSPS) is 19.8. The maximum atomic E-state index is 10.9. The standard InChI is InChI=1S/C13H23N3O6/c1-13(14(2)5-10(17)18)8-15(6-11(19)20)3-4-16(9-13)7-12(21)22/h3-9H2,1-2H3,(H,17,18)(H,19,20)(H,21,22). The fraction of sp³-hybridized carbons (Fsp3) is 0.769. The molecule has 1 fully saturated rings. The van der Waals surface area contributed by atoms with Crippen LogP contribution in [0.2, 0.25) is 0 Å². The lowest BCUT2D eigenvalue weighted by molar-refractivity contribution is -0.142. The average molecular weight is 317 g/mol. The van der Waals surface area contributed by atoms with Crippen molar-refractivity contribution in [3.8, 4) is 0 Å². The summed E-state index contributed by atoms with van der Waals surface area (Å²) in [6, 6.07) is 0. The van der Waals surface area contributed by atoms with E-state index in [1.165, 1.54) is 0 Å². The number of aliphatic carboxylic acids is 3. The topological polar surface area (TPSA) is 122 Å². The Morgan fingerprint density at radius 2 is 1.36 bits per heavy atom. The molecule has 0 radical (unpaired) electrons. The highest BCUT2D eigenvalue weighted by atomic mass is 16.4. The molecular weight excluding hydrogens is 294 g/mol. The van der Waals surface area contributed by atoms with Crippen molar-refractivity contribution in [2.75, 3.05) is 52.9 Å². The summed E-state index contributed by atoms with van der Waals surface area (Å²) in [5.41, 5.74) is -0.653. The maximum absolute atomic E-state index is 10.9. The second kappa shape index (κ2) is 7.52. The molecule has 0 unspecified atom stereocenters. The van der Waals surface area contributed by atoms with Crippen molar-refractivity contribution in [1.29, 1.82) is 0 Å². The van der Waals surface area contributed by atoms with Crippen molar-refractivity contribution < 1.29 is 29.7 Å². The predicted octanol–water partition coefficient (Wildman–Crippen LogP) is -1.45. The van der Waals surface area contributed by atoms with Crippen LogP contribution >= 0.6 is 0 Å². The fourth-order valence-corrected chi connectivity index (χ4v) is 2.74. The van der Waals surface area contributed by atoms with Gasteiger partial charge in [-0.2, -0.15) is 0 Å². The molecule has 126 valence electrons. The van der Waals surface area contributed by atoms with Crippen LogP contribution in [0.15, 0.2) is 0 Å². The van der Waals surface area contributed by atoms with E-state index in [-0.39, 0.29) is 19.6 Å². The van der Waals surface area contributed by atoms with Gasteiger partial charge in [0.1, 0.15) is 0 Å². The summed E-state index contributed by atoms with van der Waals surface area (Å²) in [4.78, 5) is 37.9. The summed E-state index contributed by atoms with van der Waals surface area (Å²) < 4.78 is 0. The van der Waals surface area contributed by atoms with Crippen LogP contribution in [0.5, 0.6) is 0 Å². The number of hydrogen-bond donors (Lipinski definition) is 3. The largest absolute Gasteiger partial charge is 0.480 e. The maximum Gasteiger partial charge on any atom is 0.317 e. The quantitative estimate of drug-likeness (QED) is 0.517. The van der Waals surface area contributed by atoms with Crippen LogP contribution < -0.4 is 0 Å². The summed E-state index contributed by atoms with van der Waals surface area (Å²) in [7, 11) is 1.65. The molecule has 1 heterocycles. The van der Waals surface area contributed by atoms with Crippen LogP contribution in [0.1, 0.15) is 6.92 Å². The summed E-state index contributed by atoms with van der Waals surface area (Å²) in [6.45, 7) is 2.89. The van der Waals surface area contributed by atoms with Gasteiger partial charge in [-0.1, -0.05) is 0 Å². The van der Waals surface area contributed by atoms with E-state index < -0.39 is 23.4 Å². The first-order valence-electron chi connectivity index (χ1n) is 6.94. The first-order chi connectivity index (χ1) is 10.1. The minimum absolute atomic E-state index is 0.155. The molecule has 1 saturated heterocycles. The molecule has 9 nitrogen and oxygen atoms in total. The molecular formula is C13H23N3O6. The highest BCUT2D eigenvalue weighted by molar-refractivity contribution is 5.70. The number of carboxylic acids is 3. The number of nitrogens with zero attached hydrogens (tertiary/aromatic N) is 3. The van der Waals surface area contributed by atoms with Crippen molar-refractivity contribution in [2.24, 2.45) is 0 Å². The van der Waals surface area contributed by atoms with E-state index in [1.807, 2.05) is 6.92 Å². The zero-order valence-electron chi connectivity index (χ0n) is 12.9. The molecule has 0 aliphatic carbocycles. The van der Waals surface area contributed by atoms with Gasteiger partial charge in [0.15, 0.2) is 0 Å². The number of hydrogen-bond acceptors (Lipinski definition) is 6. The first-order valence-corrected chi connectivity index (χ1v) is 6.94. The SMILES string of the molecule is CN(CC(=O)O)C1(C)CN(CC(=O)O)CCN(CC(=O)O)C1. The van der Waals surface area contributed by atoms with Gasteiger partial charge in [-0.15, -0.1) is 0 Å². The van der Waals surface area contributed by atoms with Crippen LogP contribution in [0.3, 0.4) is 0 Å². The molecule has 0 atom stereocenters. The lowest BCUT2D eigenvalue weighted by Gasteiger charge is -2.41. The number of carbonyl (C=O) groups is 3. The zero-order valence-corrected chi connectivity index (χ0v) is 12.9. The van der Waals surface area contributed by atoms with E-state index in [1.54, 1.807) is 21.7 Å². The monoisotopic (exact) mass is 317 g/mol. The Bertz CT molecular complexity index is 415. The van der Waals surface area contributed by atoms with Gasteiger partial charge in [-0.3, -0.25) is 29.1 Å². The van der Waals surface area contributed by atoms with E-state index in [2.05, 4.69) is 0 Å². The molecule has 1 aliphatic heterocycles. The van der Waals surface area contributed by atoms with Crippen LogP contribution in [-0.4, -0.2) is 106 Å². The average Bonchev–Trinajstić information content (AvgIpc) is 2.47. The summed E-state index contributed by atoms with van der Waals surface area (Å²) in [5.74, 6) is -2.91. The molecule has 9 heteroatoms. The molecule has 3 N–H and O–H groups in total. The Morgan fingerprint density at radius 3 is 1.68 bits per heavy atom. The summed E-state index contributed by atoms with van der Waals surface area (Å²) in [5, 5.41) is 26.9. The molecule has 0 bridgehead atoms. The van der Waals surface area contributed by atoms with E-state index in [4.69, 9.17) is 15.3 Å². The molecule has 0 amide bonds. The fourth-order valence-electron chi connectivity index (χ4n) is 2.74. The number of carboxylic acid groups (broad SMARTS) is 3. The van der Waals surface area contributed by atoms with Crippen molar-refractivity contribution >= 4 is 17.9 Å². The molecule has 0 spiro atoms. The first kappa shape index (κ1) is 18.3. The van der Waals surface area contributed by atoms with E-state index >= 15 is 0 Å². The molecule has 1 aliphatic rings. The van der Waals surface area contributed by atoms with Gasteiger partial charge in [0.25, 0.3) is 0 Å². The van der Waals surface area contributed by atoms with Crippen molar-refractivity contribution in [3.05, 3.63) is 0 Å². The molecule has 0 aromatic carbocycles. The molecule has 22 heavy (non-hydrogen) atoms. The predicted molar refractivity (Wildman–Crippen MR) is 76.8 cm³/mol. The second-order valence-electron chi connectivity index (χ2n) is 5.96. The van der Waals surface area contributed by atoms with E-state index in [0.29, 0.717) is 26.2 Å². The van der Waals surface area contributed by atoms with Gasteiger partial charge >= 0.3 is 17.9 Å². The third-order valence-electron chi connectivity index (χ3n) is 3.87. The smallest absolute Gasteiger partial charge is 0.317 e. The van der Waals surface area contributed by atoms with Crippen molar-refractivity contribution in [1.82, 2.24) is 14.7 Å². The Balaban J connectivity index is 2.93. The van der Waals surface area contributed by atoms with E-state index in [0.717, 1.165) is 0 Å². The van der Waals surface area contributed by atoms with Crippen molar-refractivity contribution in [3.63, 3.8) is 0 Å². The molecule has 0 aromatic heterocycles. The van der Waals surface area contributed by atoms with Gasteiger partial charge in [0.2, 0.25) is 0 Å². The second-order valence-corrected chi connectivity index (χ2v) is 5.96. The third-order valence-corrected chi connectivity index (χ3v) is 3.87. The highest BCUT2D eigenvalue weighted by Crippen LogP contribution is 2.20. The summed E-state index contributed by atoms with van der Waals surface area (Å²) in [6.07, 6.45) is 0. The number of likely N-dealkylation sites (N-methyl/N-ethyl adjacent to an activating group) is 1. The Hall–Kier alpha value is -1.71. The third kappa shape index (κ3) is 5.58. The molecule has 1 rings (SSSR count). The Labute approximate surface area is 128 Å². The highest BCUT2D eigenvalue weighted by Gasteiger charge is 2.37. The van der Waals surface area contributed by atoms with Crippen LogP contribution in [-0.2, 0) is 14.4 Å². The van der Waals surface area contributed by atoms with Crippen LogP contribution in [0.25, 0.3) is 0 Å². The lowest BCUT2D eigenvalue weighted by atomic mass is 9.99. The van der Waals surface area contributed by atoms with Crippen LogP contribution in [0, 0.1) is 0 Å². The van der Waals surface area contributed by atoms with Crippen molar-refractivity contribution in [2.45, 2.75) is 12.5 Å². The Kier molecular flexibility index (Phi) is 6.27. The van der Waals surface area contributed by atoms with Gasteiger partial charge in [-0.05, 0) is 14.0 Å². The van der Waals surface area contributed by atoms with Gasteiger partial charge in [0.05, 0.1) is 19.6 Å². The number of rotatable bonds is 7. The minimum Gasteiger partial charge on any atom is -0.480 e.